The third-order valence-corrected chi connectivity index (χ3v) is 7.21. The van der Waals surface area contributed by atoms with E-state index in [9.17, 15) is 19.2 Å². The fourth-order valence-corrected chi connectivity index (χ4v) is 5.31. The van der Waals surface area contributed by atoms with E-state index in [0.717, 1.165) is 5.75 Å². The number of esters is 2. The molecule has 0 aromatic carbocycles. The second kappa shape index (κ2) is 9.26. The van der Waals surface area contributed by atoms with Crippen molar-refractivity contribution in [3.05, 3.63) is 0 Å². The van der Waals surface area contributed by atoms with E-state index in [0.29, 0.717) is 18.6 Å². The Hall–Kier alpha value is -1.02. The summed E-state index contributed by atoms with van der Waals surface area (Å²) in [6.07, 6.45) is 0.936. The molecule has 8 heteroatoms. The number of carbonyl (C=O) groups excluding carboxylic acids is 4. The molecule has 0 radical (unpaired) electrons. The largest absolute Gasteiger partial charge is 0.468 e. The Kier molecular flexibility index (Phi) is 8.20. The minimum atomic E-state index is -0.587. The number of hydrogen-bond donors (Lipinski definition) is 0. The fraction of sp³-hybridized carbons (Fsp3) is 0.778. The minimum absolute atomic E-state index is 0.00981. The summed E-state index contributed by atoms with van der Waals surface area (Å²) in [7, 11) is 2.64. The molecule has 0 aromatic rings. The van der Waals surface area contributed by atoms with Gasteiger partial charge < -0.3 is 9.47 Å². The Labute approximate surface area is 163 Å². The van der Waals surface area contributed by atoms with E-state index < -0.39 is 23.8 Å². The first kappa shape index (κ1) is 23.0. The number of rotatable bonds is 2. The van der Waals surface area contributed by atoms with Gasteiger partial charge in [-0.3, -0.25) is 19.2 Å². The highest BCUT2D eigenvalue weighted by molar-refractivity contribution is 8.01. The van der Waals surface area contributed by atoms with Gasteiger partial charge in [-0.1, -0.05) is 13.8 Å². The molecule has 148 valence electrons. The normalized spacial score (nSPS) is 27.0. The van der Waals surface area contributed by atoms with Crippen LogP contribution in [0.5, 0.6) is 0 Å². The lowest BCUT2D eigenvalue weighted by molar-refractivity contribution is -0.151. The van der Waals surface area contributed by atoms with Crippen LogP contribution in [0.3, 0.4) is 0 Å². The molecule has 6 nitrogen and oxygen atoms in total. The van der Waals surface area contributed by atoms with Gasteiger partial charge in [0.05, 0.1) is 14.2 Å². The number of Topliss-reactive ketones (excluding diaryl/α,β-unsaturated/α-hetero) is 2. The van der Waals surface area contributed by atoms with Gasteiger partial charge >= 0.3 is 11.9 Å². The first-order valence-electron chi connectivity index (χ1n) is 8.44. The Morgan fingerprint density at radius 2 is 1.54 bits per heavy atom. The molecule has 2 atom stereocenters. The van der Waals surface area contributed by atoms with Crippen LogP contribution in [-0.4, -0.2) is 58.7 Å². The first-order chi connectivity index (χ1) is 11.9. The summed E-state index contributed by atoms with van der Waals surface area (Å²) in [5.41, 5.74) is 0. The summed E-state index contributed by atoms with van der Waals surface area (Å²) in [4.78, 5) is 45.5. The molecule has 2 unspecified atom stereocenters. The van der Waals surface area contributed by atoms with Crippen LogP contribution in [-0.2, 0) is 28.7 Å². The van der Waals surface area contributed by atoms with E-state index in [2.05, 4.69) is 9.47 Å². The summed E-state index contributed by atoms with van der Waals surface area (Å²) in [6, 6.07) is 0. The molecular formula is C18H28O6S2. The molecule has 2 heterocycles. The Morgan fingerprint density at radius 1 is 0.962 bits per heavy atom. The quantitative estimate of drug-likeness (QED) is 0.513. The van der Waals surface area contributed by atoms with Gasteiger partial charge in [0.2, 0.25) is 0 Å². The van der Waals surface area contributed by atoms with Crippen LogP contribution in [0, 0.1) is 11.8 Å². The van der Waals surface area contributed by atoms with Gasteiger partial charge in [-0.25, -0.2) is 0 Å². The van der Waals surface area contributed by atoms with Crippen molar-refractivity contribution in [2.45, 2.75) is 50.0 Å². The highest BCUT2D eigenvalue weighted by Crippen LogP contribution is 2.39. The van der Waals surface area contributed by atoms with Gasteiger partial charge in [0.1, 0.15) is 23.4 Å². The molecule has 2 fully saturated rings. The molecular weight excluding hydrogens is 376 g/mol. The average molecular weight is 405 g/mol. The maximum Gasteiger partial charge on any atom is 0.317 e. The molecule has 0 amide bonds. The van der Waals surface area contributed by atoms with Gasteiger partial charge in [-0.2, -0.15) is 23.5 Å². The number of ether oxygens (including phenoxy) is 2. The van der Waals surface area contributed by atoms with Crippen molar-refractivity contribution >= 4 is 47.0 Å². The summed E-state index contributed by atoms with van der Waals surface area (Å²) in [6.45, 7) is 7.86. The zero-order valence-corrected chi connectivity index (χ0v) is 17.9. The molecule has 0 aliphatic carbocycles. The van der Waals surface area contributed by atoms with Crippen LogP contribution < -0.4 is 0 Å². The minimum Gasteiger partial charge on any atom is -0.468 e. The predicted molar refractivity (Wildman–Crippen MR) is 103 cm³/mol. The van der Waals surface area contributed by atoms with E-state index in [-0.39, 0.29) is 21.1 Å². The van der Waals surface area contributed by atoms with Crippen LogP contribution >= 0.6 is 23.5 Å². The van der Waals surface area contributed by atoms with Crippen molar-refractivity contribution in [2.24, 2.45) is 11.8 Å². The second-order valence-electron chi connectivity index (χ2n) is 7.41. The van der Waals surface area contributed by atoms with Gasteiger partial charge in [0, 0.05) is 33.8 Å². The highest BCUT2D eigenvalue weighted by Gasteiger charge is 2.44. The molecule has 26 heavy (non-hydrogen) atoms. The number of thioether (sulfide) groups is 2. The van der Waals surface area contributed by atoms with Crippen LogP contribution in [0.4, 0.5) is 0 Å². The van der Waals surface area contributed by atoms with E-state index in [1.54, 1.807) is 23.5 Å². The molecule has 0 saturated carbocycles. The van der Waals surface area contributed by atoms with Crippen molar-refractivity contribution in [2.75, 3.05) is 25.7 Å². The van der Waals surface area contributed by atoms with Gasteiger partial charge in [0.15, 0.2) is 0 Å². The Bertz CT molecular complexity index is 559. The van der Waals surface area contributed by atoms with Crippen LogP contribution in [0.15, 0.2) is 0 Å². The number of hydrogen-bond acceptors (Lipinski definition) is 8. The molecule has 2 rings (SSSR count). The lowest BCUT2D eigenvalue weighted by Gasteiger charge is -2.34. The second-order valence-corrected chi connectivity index (χ2v) is 10.9. The van der Waals surface area contributed by atoms with Crippen molar-refractivity contribution in [1.29, 1.82) is 0 Å². The highest BCUT2D eigenvalue weighted by atomic mass is 32.2. The lowest BCUT2D eigenvalue weighted by atomic mass is 9.89. The van der Waals surface area contributed by atoms with Crippen LogP contribution in [0.25, 0.3) is 0 Å². The number of carbonyl (C=O) groups is 4. The van der Waals surface area contributed by atoms with Gasteiger partial charge in [-0.05, 0) is 13.8 Å². The maximum atomic E-state index is 11.5. The first-order valence-corrected chi connectivity index (χ1v) is 10.4. The van der Waals surface area contributed by atoms with Gasteiger partial charge in [0.25, 0.3) is 0 Å². The molecule has 2 saturated heterocycles. The lowest BCUT2D eigenvalue weighted by Crippen LogP contribution is -2.44. The van der Waals surface area contributed by atoms with Crippen molar-refractivity contribution in [3.63, 3.8) is 0 Å². The van der Waals surface area contributed by atoms with E-state index in [1.165, 1.54) is 14.2 Å². The van der Waals surface area contributed by atoms with E-state index in [1.807, 2.05) is 27.7 Å². The zero-order valence-electron chi connectivity index (χ0n) is 16.2. The molecule has 0 bridgehead atoms. The Balaban J connectivity index is 0.000000260. The van der Waals surface area contributed by atoms with Crippen molar-refractivity contribution in [1.82, 2.24) is 0 Å². The predicted octanol–water partition coefficient (Wildman–Crippen LogP) is 2.52. The molecule has 2 aliphatic heterocycles. The van der Waals surface area contributed by atoms with E-state index in [4.69, 9.17) is 0 Å². The Morgan fingerprint density at radius 3 is 2.00 bits per heavy atom. The zero-order chi connectivity index (χ0) is 20.1. The number of methoxy groups -OCH3 is 2. The van der Waals surface area contributed by atoms with Gasteiger partial charge in [-0.15, -0.1) is 0 Å². The van der Waals surface area contributed by atoms with Crippen molar-refractivity contribution < 1.29 is 28.7 Å². The van der Waals surface area contributed by atoms with Crippen LogP contribution in [0.1, 0.15) is 40.5 Å². The third kappa shape index (κ3) is 6.01. The standard InChI is InChI=1S/2C9H14O3S/c1-9(2)4-7(10)6(5-13-9)8(11)12-3;1-9(2)7(8(11)12-3)6(10)4-5-13-9/h6H,4-5H2,1-3H3;7H,4-5H2,1-3H3. The summed E-state index contributed by atoms with van der Waals surface area (Å²) >= 11 is 3.31. The summed E-state index contributed by atoms with van der Waals surface area (Å²) in [5, 5.41) is 0. The monoisotopic (exact) mass is 404 g/mol. The molecule has 2 aliphatic rings. The molecule has 0 aromatic heterocycles. The fourth-order valence-electron chi connectivity index (χ4n) is 2.90. The summed E-state index contributed by atoms with van der Waals surface area (Å²) < 4.78 is 8.83. The number of ketones is 2. The maximum absolute atomic E-state index is 11.5. The average Bonchev–Trinajstić information content (AvgIpc) is 2.52. The SMILES string of the molecule is COC(=O)C1C(=O)CCSC1(C)C.COC(=O)C1CSC(C)(C)CC1=O. The molecule has 0 N–H and O–H groups in total. The van der Waals surface area contributed by atoms with E-state index >= 15 is 0 Å². The topological polar surface area (TPSA) is 86.7 Å². The van der Waals surface area contributed by atoms with Crippen LogP contribution in [0.2, 0.25) is 0 Å². The summed E-state index contributed by atoms with van der Waals surface area (Å²) in [5.74, 6) is -0.543. The smallest absolute Gasteiger partial charge is 0.317 e. The molecule has 0 spiro atoms. The third-order valence-electron chi connectivity index (χ3n) is 4.39. The van der Waals surface area contributed by atoms with Crippen molar-refractivity contribution in [3.8, 4) is 0 Å².